The van der Waals surface area contributed by atoms with Crippen molar-refractivity contribution >= 4 is 11.8 Å². The highest BCUT2D eigenvalue weighted by Gasteiger charge is 2.10. The maximum Gasteiger partial charge on any atom is 0.219 e. The van der Waals surface area contributed by atoms with Crippen LogP contribution in [0.2, 0.25) is 0 Å². The highest BCUT2D eigenvalue weighted by atomic mass is 16.3. The van der Waals surface area contributed by atoms with Gasteiger partial charge in [0.2, 0.25) is 11.8 Å². The van der Waals surface area contributed by atoms with Gasteiger partial charge in [-0.2, -0.15) is 0 Å². The standard InChI is InChI=1S/C16H24N2O4/c1-13(21)17(7-9-19)11-15-3-5-16(6-4-15)12-18(8-10-20)14(2)22/h3-6,19-20H,7-12H2,1-2H3. The van der Waals surface area contributed by atoms with Crippen molar-refractivity contribution in [3.63, 3.8) is 0 Å². The second-order valence-corrected chi connectivity index (χ2v) is 5.14. The van der Waals surface area contributed by atoms with Crippen LogP contribution < -0.4 is 0 Å². The Labute approximate surface area is 131 Å². The Kier molecular flexibility index (Phi) is 7.56. The number of rotatable bonds is 8. The van der Waals surface area contributed by atoms with Crippen LogP contribution in [0.1, 0.15) is 25.0 Å². The molecule has 0 aliphatic rings. The van der Waals surface area contributed by atoms with Crippen molar-refractivity contribution in [2.75, 3.05) is 26.3 Å². The highest BCUT2D eigenvalue weighted by Crippen LogP contribution is 2.10. The number of aliphatic hydroxyl groups excluding tert-OH is 2. The minimum Gasteiger partial charge on any atom is -0.395 e. The minimum absolute atomic E-state index is 0.0631. The van der Waals surface area contributed by atoms with E-state index in [1.165, 1.54) is 13.8 Å². The van der Waals surface area contributed by atoms with Gasteiger partial charge in [-0.15, -0.1) is 0 Å². The van der Waals surface area contributed by atoms with Gasteiger partial charge in [0.05, 0.1) is 13.2 Å². The Morgan fingerprint density at radius 3 is 1.36 bits per heavy atom. The number of hydrogen-bond acceptors (Lipinski definition) is 4. The molecule has 2 N–H and O–H groups in total. The molecule has 0 radical (unpaired) electrons. The molecule has 0 heterocycles. The van der Waals surface area contributed by atoms with Gasteiger partial charge in [-0.3, -0.25) is 9.59 Å². The fourth-order valence-electron chi connectivity index (χ4n) is 2.13. The Hall–Kier alpha value is -1.92. The van der Waals surface area contributed by atoms with Gasteiger partial charge in [-0.1, -0.05) is 24.3 Å². The largest absolute Gasteiger partial charge is 0.395 e. The molecule has 22 heavy (non-hydrogen) atoms. The van der Waals surface area contributed by atoms with Gasteiger partial charge < -0.3 is 20.0 Å². The van der Waals surface area contributed by atoms with Crippen LogP contribution in [-0.4, -0.2) is 58.1 Å². The molecule has 0 unspecified atom stereocenters. The molecule has 0 fully saturated rings. The van der Waals surface area contributed by atoms with Crippen LogP contribution in [0.4, 0.5) is 0 Å². The van der Waals surface area contributed by atoms with Gasteiger partial charge >= 0.3 is 0 Å². The fourth-order valence-corrected chi connectivity index (χ4v) is 2.13. The van der Waals surface area contributed by atoms with Crippen molar-refractivity contribution in [1.29, 1.82) is 0 Å². The third-order valence-corrected chi connectivity index (χ3v) is 3.40. The lowest BCUT2D eigenvalue weighted by atomic mass is 10.1. The summed E-state index contributed by atoms with van der Waals surface area (Å²) >= 11 is 0. The van der Waals surface area contributed by atoms with Crippen molar-refractivity contribution in [2.45, 2.75) is 26.9 Å². The van der Waals surface area contributed by atoms with Crippen LogP contribution in [0.15, 0.2) is 24.3 Å². The van der Waals surface area contributed by atoms with E-state index in [0.29, 0.717) is 26.2 Å². The van der Waals surface area contributed by atoms with E-state index in [-0.39, 0.29) is 25.0 Å². The van der Waals surface area contributed by atoms with Gasteiger partial charge in [0.25, 0.3) is 0 Å². The summed E-state index contributed by atoms with van der Waals surface area (Å²) in [5.74, 6) is -0.160. The first-order valence-corrected chi connectivity index (χ1v) is 7.28. The summed E-state index contributed by atoms with van der Waals surface area (Å²) in [5.41, 5.74) is 1.92. The summed E-state index contributed by atoms with van der Waals surface area (Å²) in [7, 11) is 0. The third kappa shape index (κ3) is 5.83. The van der Waals surface area contributed by atoms with Crippen molar-refractivity contribution in [2.24, 2.45) is 0 Å². The monoisotopic (exact) mass is 308 g/mol. The van der Waals surface area contributed by atoms with Crippen LogP contribution in [0.5, 0.6) is 0 Å². The van der Waals surface area contributed by atoms with Crippen LogP contribution >= 0.6 is 0 Å². The second kappa shape index (κ2) is 9.17. The van der Waals surface area contributed by atoms with E-state index < -0.39 is 0 Å². The molecule has 0 spiro atoms. The van der Waals surface area contributed by atoms with Crippen LogP contribution in [-0.2, 0) is 22.7 Å². The van der Waals surface area contributed by atoms with Gasteiger partial charge in [0, 0.05) is 40.0 Å². The van der Waals surface area contributed by atoms with Gasteiger partial charge in [-0.05, 0) is 11.1 Å². The first kappa shape index (κ1) is 18.1. The molecular weight excluding hydrogens is 284 g/mol. The molecule has 0 saturated heterocycles. The lowest BCUT2D eigenvalue weighted by Gasteiger charge is -2.21. The van der Waals surface area contributed by atoms with E-state index in [9.17, 15) is 9.59 Å². The molecule has 122 valence electrons. The van der Waals surface area contributed by atoms with Gasteiger partial charge in [-0.25, -0.2) is 0 Å². The number of carbonyl (C=O) groups excluding carboxylic acids is 2. The smallest absolute Gasteiger partial charge is 0.219 e. The molecule has 0 aliphatic heterocycles. The average Bonchev–Trinajstić information content (AvgIpc) is 2.47. The van der Waals surface area contributed by atoms with E-state index in [4.69, 9.17) is 10.2 Å². The molecule has 0 aromatic heterocycles. The normalized spacial score (nSPS) is 10.4. The Morgan fingerprint density at radius 1 is 0.818 bits per heavy atom. The summed E-state index contributed by atoms with van der Waals surface area (Å²) in [6.45, 7) is 4.34. The van der Waals surface area contributed by atoms with Crippen molar-refractivity contribution in [1.82, 2.24) is 9.80 Å². The molecule has 0 atom stereocenters. The zero-order chi connectivity index (χ0) is 16.5. The summed E-state index contributed by atoms with van der Waals surface area (Å²) in [4.78, 5) is 26.0. The van der Waals surface area contributed by atoms with Crippen LogP contribution in [0.3, 0.4) is 0 Å². The lowest BCUT2D eigenvalue weighted by molar-refractivity contribution is -0.130. The molecule has 1 aromatic rings. The predicted molar refractivity (Wildman–Crippen MR) is 82.8 cm³/mol. The summed E-state index contributed by atoms with van der Waals surface area (Å²) < 4.78 is 0. The number of amides is 2. The second-order valence-electron chi connectivity index (χ2n) is 5.14. The van der Waals surface area contributed by atoms with Gasteiger partial charge in [0.1, 0.15) is 0 Å². The number of benzene rings is 1. The molecule has 1 aromatic carbocycles. The minimum atomic E-state index is -0.0798. The van der Waals surface area contributed by atoms with E-state index in [0.717, 1.165) is 11.1 Å². The molecule has 1 rings (SSSR count). The first-order chi connectivity index (χ1) is 10.5. The molecule has 2 amide bonds. The zero-order valence-corrected chi connectivity index (χ0v) is 13.2. The average molecular weight is 308 g/mol. The highest BCUT2D eigenvalue weighted by molar-refractivity contribution is 5.73. The topological polar surface area (TPSA) is 81.1 Å². The van der Waals surface area contributed by atoms with Crippen LogP contribution in [0.25, 0.3) is 0 Å². The zero-order valence-electron chi connectivity index (χ0n) is 13.2. The molecule has 0 bridgehead atoms. The molecule has 0 saturated carbocycles. The van der Waals surface area contributed by atoms with E-state index in [1.807, 2.05) is 24.3 Å². The summed E-state index contributed by atoms with van der Waals surface area (Å²) in [5, 5.41) is 17.9. The third-order valence-electron chi connectivity index (χ3n) is 3.40. The maximum atomic E-state index is 11.4. The summed E-state index contributed by atoms with van der Waals surface area (Å²) in [6.07, 6.45) is 0. The number of carbonyl (C=O) groups is 2. The predicted octanol–water partition coefficient (Wildman–Crippen LogP) is 0.368. The molecule has 6 heteroatoms. The van der Waals surface area contributed by atoms with Crippen molar-refractivity contribution < 1.29 is 19.8 Å². The van der Waals surface area contributed by atoms with Crippen molar-refractivity contribution in [3.8, 4) is 0 Å². The fraction of sp³-hybridized carbons (Fsp3) is 0.500. The summed E-state index contributed by atoms with van der Waals surface area (Å²) in [6, 6.07) is 7.61. The first-order valence-electron chi connectivity index (χ1n) is 7.28. The lowest BCUT2D eigenvalue weighted by Crippen LogP contribution is -2.31. The quantitative estimate of drug-likeness (QED) is 0.727. The Bertz CT molecular complexity index is 442. The van der Waals surface area contributed by atoms with Crippen molar-refractivity contribution in [3.05, 3.63) is 35.4 Å². The number of nitrogens with zero attached hydrogens (tertiary/aromatic N) is 2. The number of aliphatic hydroxyl groups is 2. The molecule has 0 aliphatic carbocycles. The van der Waals surface area contributed by atoms with E-state index in [2.05, 4.69) is 0 Å². The molecule has 6 nitrogen and oxygen atoms in total. The SMILES string of the molecule is CC(=O)N(CCO)Cc1ccc(CN(CCO)C(C)=O)cc1. The van der Waals surface area contributed by atoms with Crippen LogP contribution in [0, 0.1) is 0 Å². The molecular formula is C16H24N2O4. The Balaban J connectivity index is 2.69. The Morgan fingerprint density at radius 2 is 1.14 bits per heavy atom. The van der Waals surface area contributed by atoms with E-state index in [1.54, 1.807) is 9.80 Å². The van der Waals surface area contributed by atoms with Gasteiger partial charge in [0.15, 0.2) is 0 Å². The number of hydrogen-bond donors (Lipinski definition) is 2. The van der Waals surface area contributed by atoms with E-state index >= 15 is 0 Å². The maximum absolute atomic E-state index is 11.4.